The lowest BCUT2D eigenvalue weighted by atomic mass is 10.0. The molecular weight excluding hydrogens is 265 g/mol. The molecule has 0 spiro atoms. The maximum Gasteiger partial charge on any atom is 0.128 e. The molecule has 0 aliphatic carbocycles. The van der Waals surface area contributed by atoms with Crippen LogP contribution in [0.1, 0.15) is 37.9 Å². The van der Waals surface area contributed by atoms with E-state index in [4.69, 9.17) is 0 Å². The summed E-state index contributed by atoms with van der Waals surface area (Å²) < 4.78 is 16.1. The maximum atomic E-state index is 14.2. The number of benzene rings is 1. The zero-order chi connectivity index (χ0) is 15.2. The molecule has 0 aliphatic rings. The number of aryl methyl sites for hydroxylation is 2. The van der Waals surface area contributed by atoms with E-state index in [1.54, 1.807) is 6.07 Å². The van der Waals surface area contributed by atoms with Gasteiger partial charge in [-0.05, 0) is 37.9 Å². The van der Waals surface area contributed by atoms with Crippen molar-refractivity contribution in [3.05, 3.63) is 41.5 Å². The van der Waals surface area contributed by atoms with Crippen molar-refractivity contribution < 1.29 is 4.39 Å². The lowest BCUT2D eigenvalue weighted by Crippen LogP contribution is -2.14. The van der Waals surface area contributed by atoms with Crippen LogP contribution in [0, 0.1) is 12.7 Å². The first-order chi connectivity index (χ1) is 10.2. The van der Waals surface area contributed by atoms with Crippen LogP contribution in [-0.4, -0.2) is 16.3 Å². The van der Waals surface area contributed by atoms with Gasteiger partial charge in [0.1, 0.15) is 5.82 Å². The second-order valence-electron chi connectivity index (χ2n) is 5.37. The minimum absolute atomic E-state index is 0.154. The van der Waals surface area contributed by atoms with Crippen LogP contribution in [0.5, 0.6) is 0 Å². The highest BCUT2D eigenvalue weighted by Gasteiger charge is 2.10. The molecule has 0 unspecified atom stereocenters. The third-order valence-corrected chi connectivity index (χ3v) is 3.51. The lowest BCUT2D eigenvalue weighted by molar-refractivity contribution is 0.587. The highest BCUT2D eigenvalue weighted by molar-refractivity contribution is 5.65. The van der Waals surface area contributed by atoms with Gasteiger partial charge in [0.25, 0.3) is 0 Å². The standard InChI is InChI=1S/C17H24FN3/c1-4-8-19-11-15-7-6-14(10-17(15)18)16-12-21(9-5-2)20-13(16)3/h6-7,10,12,19H,4-5,8-9,11H2,1-3H3. The second kappa shape index (κ2) is 7.36. The van der Waals surface area contributed by atoms with Gasteiger partial charge in [-0.25, -0.2) is 4.39 Å². The molecule has 1 aromatic carbocycles. The van der Waals surface area contributed by atoms with E-state index in [1.807, 2.05) is 29.9 Å². The van der Waals surface area contributed by atoms with E-state index in [-0.39, 0.29) is 5.82 Å². The van der Waals surface area contributed by atoms with Gasteiger partial charge >= 0.3 is 0 Å². The zero-order valence-electron chi connectivity index (χ0n) is 13.1. The molecule has 0 radical (unpaired) electrons. The average molecular weight is 289 g/mol. The number of hydrogen-bond donors (Lipinski definition) is 1. The molecule has 0 bridgehead atoms. The SMILES string of the molecule is CCCNCc1ccc(-c2cn(CCC)nc2C)cc1F. The van der Waals surface area contributed by atoms with Crippen molar-refractivity contribution in [2.45, 2.75) is 46.7 Å². The molecule has 4 heteroatoms. The number of nitrogens with zero attached hydrogens (tertiary/aromatic N) is 2. The van der Waals surface area contributed by atoms with Crippen LogP contribution < -0.4 is 5.32 Å². The van der Waals surface area contributed by atoms with Crippen molar-refractivity contribution >= 4 is 0 Å². The Morgan fingerprint density at radius 1 is 1.24 bits per heavy atom. The van der Waals surface area contributed by atoms with Gasteiger partial charge in [0.2, 0.25) is 0 Å². The van der Waals surface area contributed by atoms with Crippen molar-refractivity contribution in [1.29, 1.82) is 0 Å². The van der Waals surface area contributed by atoms with Gasteiger partial charge in [-0.1, -0.05) is 26.0 Å². The normalized spacial score (nSPS) is 11.0. The first-order valence-corrected chi connectivity index (χ1v) is 7.69. The van der Waals surface area contributed by atoms with Gasteiger partial charge in [0.15, 0.2) is 0 Å². The topological polar surface area (TPSA) is 29.9 Å². The van der Waals surface area contributed by atoms with E-state index in [0.29, 0.717) is 12.1 Å². The highest BCUT2D eigenvalue weighted by atomic mass is 19.1. The average Bonchev–Trinajstić information content (AvgIpc) is 2.82. The van der Waals surface area contributed by atoms with Gasteiger partial charge in [-0.3, -0.25) is 4.68 Å². The van der Waals surface area contributed by atoms with Crippen LogP contribution in [0.2, 0.25) is 0 Å². The van der Waals surface area contributed by atoms with Crippen molar-refractivity contribution in [3.63, 3.8) is 0 Å². The first kappa shape index (κ1) is 15.7. The fraction of sp³-hybridized carbons (Fsp3) is 0.471. The van der Waals surface area contributed by atoms with Crippen LogP contribution in [0.3, 0.4) is 0 Å². The predicted molar refractivity (Wildman–Crippen MR) is 84.6 cm³/mol. The van der Waals surface area contributed by atoms with Gasteiger partial charge in [-0.2, -0.15) is 5.10 Å². The van der Waals surface area contributed by atoms with E-state index < -0.39 is 0 Å². The molecule has 0 amide bonds. The quantitative estimate of drug-likeness (QED) is 0.783. The Morgan fingerprint density at radius 2 is 2.05 bits per heavy atom. The first-order valence-electron chi connectivity index (χ1n) is 7.69. The summed E-state index contributed by atoms with van der Waals surface area (Å²) >= 11 is 0. The molecule has 0 atom stereocenters. The molecule has 0 saturated carbocycles. The predicted octanol–water partition coefficient (Wildman–Crippen LogP) is 3.91. The monoisotopic (exact) mass is 289 g/mol. The molecule has 1 N–H and O–H groups in total. The summed E-state index contributed by atoms with van der Waals surface area (Å²) in [5.41, 5.74) is 3.56. The van der Waals surface area contributed by atoms with E-state index in [2.05, 4.69) is 24.3 Å². The van der Waals surface area contributed by atoms with Gasteiger partial charge in [0, 0.05) is 30.4 Å². The number of hydrogen-bond acceptors (Lipinski definition) is 2. The van der Waals surface area contributed by atoms with Crippen LogP contribution in [0.15, 0.2) is 24.4 Å². The molecule has 114 valence electrons. The highest BCUT2D eigenvalue weighted by Crippen LogP contribution is 2.24. The molecule has 3 nitrogen and oxygen atoms in total. The Morgan fingerprint density at radius 3 is 2.71 bits per heavy atom. The molecule has 2 rings (SSSR count). The minimum atomic E-state index is -0.154. The van der Waals surface area contributed by atoms with E-state index in [1.165, 1.54) is 0 Å². The smallest absolute Gasteiger partial charge is 0.128 e. The fourth-order valence-electron chi connectivity index (χ4n) is 2.40. The summed E-state index contributed by atoms with van der Waals surface area (Å²) in [5, 5.41) is 7.70. The molecule has 0 fully saturated rings. The second-order valence-corrected chi connectivity index (χ2v) is 5.37. The van der Waals surface area contributed by atoms with Gasteiger partial charge < -0.3 is 5.32 Å². The Labute approximate surface area is 126 Å². The van der Waals surface area contributed by atoms with Crippen molar-refractivity contribution in [2.75, 3.05) is 6.54 Å². The Kier molecular flexibility index (Phi) is 5.51. The third-order valence-electron chi connectivity index (χ3n) is 3.51. The summed E-state index contributed by atoms with van der Waals surface area (Å²) in [6.45, 7) is 8.56. The summed E-state index contributed by atoms with van der Waals surface area (Å²) in [4.78, 5) is 0. The number of nitrogens with one attached hydrogen (secondary N) is 1. The van der Waals surface area contributed by atoms with Gasteiger partial charge in [-0.15, -0.1) is 0 Å². The molecule has 21 heavy (non-hydrogen) atoms. The summed E-state index contributed by atoms with van der Waals surface area (Å²) in [6, 6.07) is 5.46. The maximum absolute atomic E-state index is 14.2. The Bertz CT molecular complexity index is 590. The van der Waals surface area contributed by atoms with E-state index >= 15 is 0 Å². The largest absolute Gasteiger partial charge is 0.313 e. The Hall–Kier alpha value is -1.68. The number of aromatic nitrogens is 2. The van der Waals surface area contributed by atoms with E-state index in [9.17, 15) is 4.39 Å². The summed E-state index contributed by atoms with van der Waals surface area (Å²) in [7, 11) is 0. The van der Waals surface area contributed by atoms with Crippen LogP contribution >= 0.6 is 0 Å². The van der Waals surface area contributed by atoms with Crippen molar-refractivity contribution in [2.24, 2.45) is 0 Å². The fourth-order valence-corrected chi connectivity index (χ4v) is 2.40. The van der Waals surface area contributed by atoms with E-state index in [0.717, 1.165) is 42.8 Å². The molecule has 1 aromatic heterocycles. The molecular formula is C17H24FN3. The van der Waals surface area contributed by atoms with Crippen LogP contribution in [0.4, 0.5) is 4.39 Å². The zero-order valence-corrected chi connectivity index (χ0v) is 13.1. The molecule has 2 aromatic rings. The summed E-state index contributed by atoms with van der Waals surface area (Å²) in [5.74, 6) is -0.154. The number of rotatable bonds is 7. The van der Waals surface area contributed by atoms with Gasteiger partial charge in [0.05, 0.1) is 5.69 Å². The van der Waals surface area contributed by atoms with Crippen LogP contribution in [-0.2, 0) is 13.1 Å². The Balaban J connectivity index is 2.19. The molecule has 1 heterocycles. The number of halogens is 1. The third kappa shape index (κ3) is 3.91. The summed E-state index contributed by atoms with van der Waals surface area (Å²) in [6.07, 6.45) is 4.09. The molecule has 0 saturated heterocycles. The van der Waals surface area contributed by atoms with Crippen molar-refractivity contribution in [1.82, 2.24) is 15.1 Å². The van der Waals surface area contributed by atoms with Crippen LogP contribution in [0.25, 0.3) is 11.1 Å². The minimum Gasteiger partial charge on any atom is -0.313 e. The molecule has 0 aliphatic heterocycles. The lowest BCUT2D eigenvalue weighted by Gasteiger charge is -2.07. The van der Waals surface area contributed by atoms with Crippen molar-refractivity contribution in [3.8, 4) is 11.1 Å².